The van der Waals surface area contributed by atoms with Crippen molar-refractivity contribution in [3.63, 3.8) is 0 Å². The summed E-state index contributed by atoms with van der Waals surface area (Å²) in [5.41, 5.74) is 1.73. The average molecular weight is 347 g/mol. The Hall–Kier alpha value is -2.63. The first-order valence-electron chi connectivity index (χ1n) is 8.11. The zero-order valence-electron chi connectivity index (χ0n) is 13.8. The van der Waals surface area contributed by atoms with Gasteiger partial charge in [0.05, 0.1) is 7.11 Å². The van der Waals surface area contributed by atoms with Gasteiger partial charge in [-0.3, -0.25) is 4.79 Å². The van der Waals surface area contributed by atoms with Crippen LogP contribution in [0.2, 0.25) is 0 Å². The monoisotopic (exact) mass is 347 g/mol. The van der Waals surface area contributed by atoms with Gasteiger partial charge in [0.1, 0.15) is 11.5 Å². The van der Waals surface area contributed by atoms with Crippen LogP contribution in [0.15, 0.2) is 42.5 Å². The maximum absolute atomic E-state index is 12.7. The van der Waals surface area contributed by atoms with E-state index in [1.165, 1.54) is 6.07 Å². The fraction of sp³-hybridized carbons (Fsp3) is 0.316. The number of hydrogen-bond donors (Lipinski definition) is 1. The van der Waals surface area contributed by atoms with E-state index in [1.54, 1.807) is 43.5 Å². The van der Waals surface area contributed by atoms with Gasteiger partial charge in [0.15, 0.2) is 0 Å². The lowest BCUT2D eigenvalue weighted by molar-refractivity contribution is -0.122. The number of hydrogen-bond acceptors (Lipinski definition) is 3. The molecule has 0 saturated heterocycles. The number of carbonyl (C=O) groups excluding carboxylic acids is 1. The van der Waals surface area contributed by atoms with Gasteiger partial charge in [-0.25, -0.2) is 0 Å². The van der Waals surface area contributed by atoms with Crippen LogP contribution in [-0.2, 0) is 4.79 Å². The Bertz CT molecular complexity index is 743. The van der Waals surface area contributed by atoms with Crippen LogP contribution in [0.3, 0.4) is 0 Å². The molecule has 0 radical (unpaired) electrons. The minimum absolute atomic E-state index is 0.0329. The summed E-state index contributed by atoms with van der Waals surface area (Å²) >= 11 is 0. The Balaban J connectivity index is 1.90. The molecule has 0 heterocycles. The topological polar surface area (TPSA) is 47.6 Å². The molecule has 2 aromatic rings. The van der Waals surface area contributed by atoms with E-state index in [-0.39, 0.29) is 17.6 Å². The van der Waals surface area contributed by atoms with Crippen molar-refractivity contribution in [3.8, 4) is 22.6 Å². The Labute approximate surface area is 144 Å². The fourth-order valence-electron chi connectivity index (χ4n) is 2.72. The quantitative estimate of drug-likeness (QED) is 0.824. The number of rotatable bonds is 6. The lowest BCUT2D eigenvalue weighted by Crippen LogP contribution is -2.28. The molecule has 1 N–H and O–H groups in total. The van der Waals surface area contributed by atoms with E-state index in [1.807, 2.05) is 0 Å². The van der Waals surface area contributed by atoms with Crippen LogP contribution in [0.5, 0.6) is 11.5 Å². The smallest absolute Gasteiger partial charge is 0.387 e. The maximum atomic E-state index is 12.7. The van der Waals surface area contributed by atoms with Crippen molar-refractivity contribution < 1.29 is 23.0 Å². The van der Waals surface area contributed by atoms with Crippen LogP contribution in [0, 0.1) is 5.92 Å². The van der Waals surface area contributed by atoms with Crippen LogP contribution in [0.1, 0.15) is 19.3 Å². The number of nitrogens with one attached hydrogen (secondary N) is 1. The second-order valence-corrected chi connectivity index (χ2v) is 5.94. The normalized spacial score (nSPS) is 14.1. The second kappa shape index (κ2) is 7.51. The van der Waals surface area contributed by atoms with Crippen molar-refractivity contribution in [2.75, 3.05) is 12.4 Å². The van der Waals surface area contributed by atoms with E-state index in [4.69, 9.17) is 4.74 Å². The van der Waals surface area contributed by atoms with Crippen molar-refractivity contribution in [2.45, 2.75) is 25.9 Å². The van der Waals surface area contributed by atoms with Gasteiger partial charge in [-0.2, -0.15) is 8.78 Å². The number of benzene rings is 2. The molecule has 1 fully saturated rings. The summed E-state index contributed by atoms with van der Waals surface area (Å²) < 4.78 is 35.1. The second-order valence-electron chi connectivity index (χ2n) is 5.94. The third-order valence-electron chi connectivity index (χ3n) is 4.34. The highest BCUT2D eigenvalue weighted by Crippen LogP contribution is 2.35. The van der Waals surface area contributed by atoms with Crippen molar-refractivity contribution in [3.05, 3.63) is 42.5 Å². The van der Waals surface area contributed by atoms with E-state index in [2.05, 4.69) is 10.1 Å². The van der Waals surface area contributed by atoms with Gasteiger partial charge >= 0.3 is 6.61 Å². The lowest BCUT2D eigenvalue weighted by atomic mass is 9.85. The van der Waals surface area contributed by atoms with Crippen molar-refractivity contribution in [1.82, 2.24) is 0 Å². The molecule has 1 aliphatic rings. The maximum Gasteiger partial charge on any atom is 0.387 e. The molecule has 25 heavy (non-hydrogen) atoms. The molecule has 1 saturated carbocycles. The average Bonchev–Trinajstić information content (AvgIpc) is 2.54. The van der Waals surface area contributed by atoms with E-state index in [0.29, 0.717) is 22.6 Å². The molecule has 1 amide bonds. The van der Waals surface area contributed by atoms with E-state index < -0.39 is 6.61 Å². The summed E-state index contributed by atoms with van der Waals surface area (Å²) in [5, 5.41) is 2.85. The Kier molecular flexibility index (Phi) is 5.16. The van der Waals surface area contributed by atoms with E-state index in [0.717, 1.165) is 19.3 Å². The van der Waals surface area contributed by atoms with Gasteiger partial charge in [-0.15, -0.1) is 0 Å². The molecule has 0 bridgehead atoms. The molecule has 132 valence electrons. The Morgan fingerprint density at radius 2 is 1.88 bits per heavy atom. The summed E-state index contributed by atoms with van der Waals surface area (Å²) in [5.74, 6) is 0.729. The lowest BCUT2D eigenvalue weighted by Gasteiger charge is -2.24. The molecule has 0 unspecified atom stereocenters. The summed E-state index contributed by atoms with van der Waals surface area (Å²) in [6, 6.07) is 11.6. The summed E-state index contributed by atoms with van der Waals surface area (Å²) in [7, 11) is 1.55. The molecule has 0 aromatic heterocycles. The molecule has 3 rings (SSSR count). The highest BCUT2D eigenvalue weighted by molar-refractivity contribution is 5.94. The molecule has 0 spiro atoms. The number of methoxy groups -OCH3 is 1. The molecular formula is C19H19F2NO3. The highest BCUT2D eigenvalue weighted by atomic mass is 19.3. The van der Waals surface area contributed by atoms with Crippen molar-refractivity contribution >= 4 is 11.6 Å². The van der Waals surface area contributed by atoms with Crippen molar-refractivity contribution in [2.24, 2.45) is 5.92 Å². The number of carbonyl (C=O) groups is 1. The van der Waals surface area contributed by atoms with Gasteiger partial charge in [0.2, 0.25) is 5.91 Å². The van der Waals surface area contributed by atoms with Crippen molar-refractivity contribution in [1.29, 1.82) is 0 Å². The van der Waals surface area contributed by atoms with Gasteiger partial charge in [0.25, 0.3) is 0 Å². The zero-order valence-corrected chi connectivity index (χ0v) is 13.8. The standard InChI is InChI=1S/C19H19F2NO3/c1-24-15-8-5-12(6-9-15)16-11-14(7-10-17(16)25-19(20)21)22-18(23)13-3-2-4-13/h5-11,13,19H,2-4H2,1H3,(H,22,23). The number of alkyl halides is 2. The molecule has 4 nitrogen and oxygen atoms in total. The van der Waals surface area contributed by atoms with Gasteiger partial charge in [-0.05, 0) is 48.7 Å². The van der Waals surface area contributed by atoms with Gasteiger partial charge < -0.3 is 14.8 Å². The molecule has 0 atom stereocenters. The third-order valence-corrected chi connectivity index (χ3v) is 4.34. The van der Waals surface area contributed by atoms with Gasteiger partial charge in [0, 0.05) is 17.2 Å². The SMILES string of the molecule is COc1ccc(-c2cc(NC(=O)C3CCC3)ccc2OC(F)F)cc1. The summed E-state index contributed by atoms with van der Waals surface area (Å²) in [4.78, 5) is 12.1. The first-order valence-corrected chi connectivity index (χ1v) is 8.11. The van der Waals surface area contributed by atoms with Crippen LogP contribution in [0.4, 0.5) is 14.5 Å². The number of amides is 1. The Morgan fingerprint density at radius 1 is 1.16 bits per heavy atom. The molecule has 6 heteroatoms. The minimum Gasteiger partial charge on any atom is -0.497 e. The first-order chi connectivity index (χ1) is 12.1. The zero-order chi connectivity index (χ0) is 17.8. The first kappa shape index (κ1) is 17.2. The van der Waals surface area contributed by atoms with Crippen LogP contribution >= 0.6 is 0 Å². The number of anilines is 1. The summed E-state index contributed by atoms with van der Waals surface area (Å²) in [6.45, 7) is -2.92. The predicted octanol–water partition coefficient (Wildman–Crippen LogP) is 4.70. The molecule has 2 aromatic carbocycles. The van der Waals surface area contributed by atoms with Crippen LogP contribution in [0.25, 0.3) is 11.1 Å². The highest BCUT2D eigenvalue weighted by Gasteiger charge is 2.25. The van der Waals surface area contributed by atoms with E-state index in [9.17, 15) is 13.6 Å². The van der Waals surface area contributed by atoms with Crippen LogP contribution in [-0.4, -0.2) is 19.6 Å². The largest absolute Gasteiger partial charge is 0.497 e. The molecular weight excluding hydrogens is 328 g/mol. The van der Waals surface area contributed by atoms with E-state index >= 15 is 0 Å². The van der Waals surface area contributed by atoms with Crippen LogP contribution < -0.4 is 14.8 Å². The molecule has 0 aliphatic heterocycles. The molecule has 1 aliphatic carbocycles. The Morgan fingerprint density at radius 3 is 2.44 bits per heavy atom. The van der Waals surface area contributed by atoms with Gasteiger partial charge in [-0.1, -0.05) is 18.6 Å². The number of halogens is 2. The number of ether oxygens (including phenoxy) is 2. The minimum atomic E-state index is -2.92. The predicted molar refractivity (Wildman–Crippen MR) is 91.0 cm³/mol. The third kappa shape index (κ3) is 4.07. The fourth-order valence-corrected chi connectivity index (χ4v) is 2.72. The summed E-state index contributed by atoms with van der Waals surface area (Å²) in [6.07, 6.45) is 2.85.